The zero-order chi connectivity index (χ0) is 16.4. The van der Waals surface area contributed by atoms with Gasteiger partial charge >= 0.3 is 0 Å². The first-order valence-electron chi connectivity index (χ1n) is 8.15. The molecule has 2 aromatic heterocycles. The third kappa shape index (κ3) is 2.92. The lowest BCUT2D eigenvalue weighted by molar-refractivity contribution is 0.102. The van der Waals surface area contributed by atoms with Gasteiger partial charge in [0, 0.05) is 30.8 Å². The summed E-state index contributed by atoms with van der Waals surface area (Å²) >= 11 is 1.41. The molecule has 6 nitrogen and oxygen atoms in total. The maximum absolute atomic E-state index is 6.01. The predicted molar refractivity (Wildman–Crippen MR) is 93.6 cm³/mol. The summed E-state index contributed by atoms with van der Waals surface area (Å²) in [4.78, 5) is 4.51. The molecular formula is C17H19N5OS. The van der Waals surface area contributed by atoms with Crippen LogP contribution in [0, 0.1) is 0 Å². The van der Waals surface area contributed by atoms with E-state index in [-0.39, 0.29) is 12.1 Å². The van der Waals surface area contributed by atoms with E-state index in [1.54, 1.807) is 0 Å². The van der Waals surface area contributed by atoms with Crippen LogP contribution in [0.5, 0.6) is 0 Å². The van der Waals surface area contributed by atoms with Crippen LogP contribution in [0.2, 0.25) is 0 Å². The van der Waals surface area contributed by atoms with E-state index in [1.807, 2.05) is 47.3 Å². The summed E-state index contributed by atoms with van der Waals surface area (Å²) in [5.41, 5.74) is 2.09. The van der Waals surface area contributed by atoms with Gasteiger partial charge in [-0.15, -0.1) is 0 Å². The van der Waals surface area contributed by atoms with Crippen molar-refractivity contribution < 1.29 is 4.74 Å². The number of nitrogens with zero attached hydrogens (tertiary/aromatic N) is 4. The number of ether oxygens (including phenoxy) is 1. The molecule has 1 aliphatic rings. The van der Waals surface area contributed by atoms with Gasteiger partial charge in [-0.1, -0.05) is 25.1 Å². The van der Waals surface area contributed by atoms with Gasteiger partial charge in [0.25, 0.3) is 0 Å². The summed E-state index contributed by atoms with van der Waals surface area (Å²) in [6, 6.07) is 12.3. The molecule has 3 aromatic rings. The number of para-hydroxylation sites is 1. The molecule has 1 saturated heterocycles. The molecule has 1 N–H and O–H groups in total. The Kier molecular flexibility index (Phi) is 4.27. The summed E-state index contributed by atoms with van der Waals surface area (Å²) in [6.45, 7) is 2.79. The normalized spacial score (nSPS) is 20.4. The fourth-order valence-corrected chi connectivity index (χ4v) is 3.67. The third-order valence-corrected chi connectivity index (χ3v) is 4.83. The quantitative estimate of drug-likeness (QED) is 0.772. The number of hydrogen-bond donors (Lipinski definition) is 1. The average Bonchev–Trinajstić information content (AvgIpc) is 3.36. The standard InChI is InChI=1S/C17H19N5OS/c1-2-15-20-17(24-21-15)19-13-9-11-23-16(13)14-8-10-18-22(14)12-6-4-3-5-7-12/h3-8,10,13,16H,2,9,11H2,1H3,(H,19,20,21)/t13-,16-/m1/s1. The van der Waals surface area contributed by atoms with Crippen LogP contribution < -0.4 is 5.32 Å². The molecule has 0 bridgehead atoms. The second kappa shape index (κ2) is 6.70. The van der Waals surface area contributed by atoms with Crippen LogP contribution in [0.4, 0.5) is 5.13 Å². The van der Waals surface area contributed by atoms with Crippen molar-refractivity contribution in [2.75, 3.05) is 11.9 Å². The first kappa shape index (κ1) is 15.3. The highest BCUT2D eigenvalue weighted by atomic mass is 32.1. The highest BCUT2D eigenvalue weighted by molar-refractivity contribution is 7.09. The van der Waals surface area contributed by atoms with Crippen molar-refractivity contribution in [1.82, 2.24) is 19.1 Å². The number of anilines is 1. The second-order valence-corrected chi connectivity index (χ2v) is 6.46. The van der Waals surface area contributed by atoms with Crippen LogP contribution in [0.3, 0.4) is 0 Å². The molecule has 1 aromatic carbocycles. The molecule has 4 rings (SSSR count). The Morgan fingerprint density at radius 3 is 2.96 bits per heavy atom. The van der Waals surface area contributed by atoms with Gasteiger partial charge in [0.05, 0.1) is 17.4 Å². The van der Waals surface area contributed by atoms with E-state index in [4.69, 9.17) is 4.74 Å². The van der Waals surface area contributed by atoms with Gasteiger partial charge < -0.3 is 10.1 Å². The van der Waals surface area contributed by atoms with E-state index >= 15 is 0 Å². The van der Waals surface area contributed by atoms with Crippen molar-refractivity contribution in [3.63, 3.8) is 0 Å². The second-order valence-electron chi connectivity index (χ2n) is 5.70. The topological polar surface area (TPSA) is 64.9 Å². The molecule has 0 radical (unpaired) electrons. The van der Waals surface area contributed by atoms with Crippen molar-refractivity contribution in [1.29, 1.82) is 0 Å². The smallest absolute Gasteiger partial charge is 0.202 e. The molecule has 0 spiro atoms. The van der Waals surface area contributed by atoms with E-state index in [2.05, 4.69) is 26.7 Å². The number of aromatic nitrogens is 4. The Labute approximate surface area is 144 Å². The maximum Gasteiger partial charge on any atom is 0.202 e. The van der Waals surface area contributed by atoms with E-state index in [0.29, 0.717) is 0 Å². The summed E-state index contributed by atoms with van der Waals surface area (Å²) in [7, 11) is 0. The molecule has 124 valence electrons. The minimum absolute atomic E-state index is 0.0540. The Hall–Kier alpha value is -2.25. The molecule has 7 heteroatoms. The van der Waals surface area contributed by atoms with Crippen LogP contribution >= 0.6 is 11.5 Å². The third-order valence-electron chi connectivity index (χ3n) is 4.15. The van der Waals surface area contributed by atoms with Crippen LogP contribution in [0.15, 0.2) is 42.6 Å². The zero-order valence-electron chi connectivity index (χ0n) is 13.4. The Morgan fingerprint density at radius 1 is 1.29 bits per heavy atom. The van der Waals surface area contributed by atoms with Crippen LogP contribution in [-0.2, 0) is 11.2 Å². The van der Waals surface area contributed by atoms with E-state index in [9.17, 15) is 0 Å². The fourth-order valence-electron chi connectivity index (χ4n) is 2.96. The highest BCUT2D eigenvalue weighted by Gasteiger charge is 2.33. The fraction of sp³-hybridized carbons (Fsp3) is 0.353. The van der Waals surface area contributed by atoms with Crippen LogP contribution in [0.25, 0.3) is 5.69 Å². The molecule has 0 amide bonds. The van der Waals surface area contributed by atoms with Crippen molar-refractivity contribution >= 4 is 16.7 Å². The predicted octanol–water partition coefficient (Wildman–Crippen LogP) is 3.23. The Morgan fingerprint density at radius 2 is 2.17 bits per heavy atom. The lowest BCUT2D eigenvalue weighted by Gasteiger charge is -2.20. The van der Waals surface area contributed by atoms with E-state index in [1.165, 1.54) is 11.5 Å². The first-order chi connectivity index (χ1) is 11.8. The first-order valence-corrected chi connectivity index (χ1v) is 8.92. The van der Waals surface area contributed by atoms with Gasteiger partial charge in [0.15, 0.2) is 0 Å². The zero-order valence-corrected chi connectivity index (χ0v) is 14.2. The van der Waals surface area contributed by atoms with Gasteiger partial charge in [-0.05, 0) is 24.6 Å². The van der Waals surface area contributed by atoms with Gasteiger partial charge in [-0.2, -0.15) is 9.47 Å². The molecule has 2 atom stereocenters. The number of benzene rings is 1. The Balaban J connectivity index is 1.58. The van der Waals surface area contributed by atoms with Crippen molar-refractivity contribution in [3.8, 4) is 5.69 Å². The summed E-state index contributed by atoms with van der Waals surface area (Å²) < 4.78 is 12.3. The molecule has 24 heavy (non-hydrogen) atoms. The highest BCUT2D eigenvalue weighted by Crippen LogP contribution is 2.32. The summed E-state index contributed by atoms with van der Waals surface area (Å²) in [5.74, 6) is 0.882. The van der Waals surface area contributed by atoms with Gasteiger partial charge in [-0.25, -0.2) is 9.67 Å². The number of aryl methyl sites for hydroxylation is 1. The average molecular weight is 341 g/mol. The molecule has 3 heterocycles. The minimum Gasteiger partial charge on any atom is -0.370 e. The van der Waals surface area contributed by atoms with E-state index in [0.717, 1.165) is 41.8 Å². The van der Waals surface area contributed by atoms with Gasteiger partial charge in [-0.3, -0.25) is 0 Å². The SMILES string of the molecule is CCc1nsc(N[C@@H]2CCO[C@H]2c2ccnn2-c2ccccc2)n1. The van der Waals surface area contributed by atoms with Gasteiger partial charge in [0.2, 0.25) is 5.13 Å². The van der Waals surface area contributed by atoms with E-state index < -0.39 is 0 Å². The summed E-state index contributed by atoms with van der Waals surface area (Å²) in [5, 5.41) is 8.82. The van der Waals surface area contributed by atoms with Crippen molar-refractivity contribution in [2.24, 2.45) is 0 Å². The van der Waals surface area contributed by atoms with Crippen molar-refractivity contribution in [2.45, 2.75) is 31.9 Å². The molecular weight excluding hydrogens is 322 g/mol. The van der Waals surface area contributed by atoms with Gasteiger partial charge in [0.1, 0.15) is 11.9 Å². The molecule has 1 aliphatic heterocycles. The summed E-state index contributed by atoms with van der Waals surface area (Å²) in [6.07, 6.45) is 3.55. The number of nitrogens with one attached hydrogen (secondary N) is 1. The molecule has 1 fully saturated rings. The number of hydrogen-bond acceptors (Lipinski definition) is 6. The minimum atomic E-state index is -0.0540. The lowest BCUT2D eigenvalue weighted by Crippen LogP contribution is -2.25. The molecule has 0 saturated carbocycles. The largest absolute Gasteiger partial charge is 0.370 e. The molecule has 0 unspecified atom stereocenters. The monoisotopic (exact) mass is 341 g/mol. The lowest BCUT2D eigenvalue weighted by atomic mass is 10.1. The van der Waals surface area contributed by atoms with Crippen LogP contribution in [0.1, 0.15) is 31.0 Å². The number of rotatable bonds is 5. The molecule has 0 aliphatic carbocycles. The maximum atomic E-state index is 6.01. The Bertz CT molecular complexity index is 800. The van der Waals surface area contributed by atoms with Crippen molar-refractivity contribution in [3.05, 3.63) is 54.1 Å². The van der Waals surface area contributed by atoms with Crippen LogP contribution in [-0.4, -0.2) is 31.8 Å².